The van der Waals surface area contributed by atoms with Crippen LogP contribution in [0.25, 0.3) is 0 Å². The highest BCUT2D eigenvalue weighted by molar-refractivity contribution is 7.09. The second kappa shape index (κ2) is 5.30. The summed E-state index contributed by atoms with van der Waals surface area (Å²) in [5, 5.41) is 2.69. The molecule has 0 fully saturated rings. The Morgan fingerprint density at radius 3 is 2.78 bits per heavy atom. The van der Waals surface area contributed by atoms with Gasteiger partial charge in [-0.05, 0) is 13.3 Å². The Morgan fingerprint density at radius 1 is 1.39 bits per heavy atom. The molecule has 0 saturated carbocycles. The van der Waals surface area contributed by atoms with Gasteiger partial charge in [0.2, 0.25) is 0 Å². The average Bonchev–Trinajstić information content (AvgIpc) is 2.74. The van der Waals surface area contributed by atoms with Crippen molar-refractivity contribution in [1.29, 1.82) is 0 Å². The molecule has 18 heavy (non-hydrogen) atoms. The summed E-state index contributed by atoms with van der Waals surface area (Å²) in [5.74, 6) is 0. The van der Waals surface area contributed by atoms with Crippen molar-refractivity contribution in [2.24, 2.45) is 0 Å². The summed E-state index contributed by atoms with van der Waals surface area (Å²) in [5.41, 5.74) is 0.366. The molecule has 2 heterocycles. The van der Waals surface area contributed by atoms with Gasteiger partial charge in [0.15, 0.2) is 0 Å². The van der Waals surface area contributed by atoms with Crippen LogP contribution < -0.4 is 11.2 Å². The first kappa shape index (κ1) is 12.8. The third kappa shape index (κ3) is 2.59. The van der Waals surface area contributed by atoms with Crippen molar-refractivity contribution in [1.82, 2.24) is 14.1 Å². The molecule has 0 aromatic carbocycles. The van der Waals surface area contributed by atoms with E-state index in [0.29, 0.717) is 6.54 Å². The highest BCUT2D eigenvalue weighted by atomic mass is 32.1. The third-order valence-corrected chi connectivity index (χ3v) is 3.52. The third-order valence-electron chi connectivity index (χ3n) is 2.56. The maximum Gasteiger partial charge on any atom is 0.331 e. The van der Waals surface area contributed by atoms with Crippen LogP contribution in [0.3, 0.4) is 0 Å². The van der Waals surface area contributed by atoms with Gasteiger partial charge in [-0.25, -0.2) is 9.78 Å². The molecule has 2 aromatic heterocycles. The molecule has 6 heteroatoms. The van der Waals surface area contributed by atoms with Gasteiger partial charge in [0.05, 0.1) is 6.54 Å². The fraction of sp³-hybridized carbons (Fsp3) is 0.417. The lowest BCUT2D eigenvalue weighted by molar-refractivity contribution is 0.570. The van der Waals surface area contributed by atoms with E-state index in [-0.39, 0.29) is 17.8 Å². The zero-order valence-electron chi connectivity index (χ0n) is 10.4. The largest absolute Gasteiger partial charge is 0.331 e. The van der Waals surface area contributed by atoms with Gasteiger partial charge in [-0.15, -0.1) is 11.3 Å². The van der Waals surface area contributed by atoms with E-state index in [1.807, 2.05) is 19.2 Å². The zero-order chi connectivity index (χ0) is 13.1. The van der Waals surface area contributed by atoms with Gasteiger partial charge in [0.25, 0.3) is 5.56 Å². The molecule has 0 unspecified atom stereocenters. The summed E-state index contributed by atoms with van der Waals surface area (Å²) in [6, 6.07) is 1.43. The van der Waals surface area contributed by atoms with Crippen LogP contribution in [-0.2, 0) is 13.1 Å². The lowest BCUT2D eigenvalue weighted by Crippen LogP contribution is -2.39. The minimum Gasteiger partial charge on any atom is -0.300 e. The molecule has 5 nitrogen and oxygen atoms in total. The van der Waals surface area contributed by atoms with E-state index in [9.17, 15) is 9.59 Å². The first-order valence-electron chi connectivity index (χ1n) is 5.83. The maximum absolute atomic E-state index is 12.1. The monoisotopic (exact) mass is 265 g/mol. The molecule has 0 aliphatic heterocycles. The summed E-state index contributed by atoms with van der Waals surface area (Å²) >= 11 is 1.46. The van der Waals surface area contributed by atoms with E-state index in [1.165, 1.54) is 22.0 Å². The van der Waals surface area contributed by atoms with Crippen LogP contribution in [-0.4, -0.2) is 14.1 Å². The summed E-state index contributed by atoms with van der Waals surface area (Å²) in [6.07, 6.45) is 2.41. The summed E-state index contributed by atoms with van der Waals surface area (Å²) in [6.45, 7) is 4.76. The fourth-order valence-corrected chi connectivity index (χ4v) is 2.48. The molecule has 0 N–H and O–H groups in total. The van der Waals surface area contributed by atoms with Gasteiger partial charge < -0.3 is 4.57 Å². The van der Waals surface area contributed by atoms with Crippen molar-refractivity contribution >= 4 is 11.3 Å². The van der Waals surface area contributed by atoms with E-state index >= 15 is 0 Å². The second-order valence-corrected chi connectivity index (χ2v) is 5.04. The first-order valence-corrected chi connectivity index (χ1v) is 6.71. The molecule has 96 valence electrons. The number of aryl methyl sites for hydroxylation is 2. The Kier molecular flexibility index (Phi) is 3.76. The normalized spacial score (nSPS) is 10.8. The Hall–Kier alpha value is -1.69. The molecule has 0 aliphatic rings. The minimum absolute atomic E-state index is 0.251. The van der Waals surface area contributed by atoms with Gasteiger partial charge in [0, 0.05) is 29.9 Å². The summed E-state index contributed by atoms with van der Waals surface area (Å²) < 4.78 is 2.79. The standard InChI is InChI=1S/C12H15N3O2S/c1-3-5-14-6-4-11(16)15(12(14)17)7-10-13-9(2)8-18-10/h4,6,8H,3,5,7H2,1-2H3. The number of aromatic nitrogens is 3. The second-order valence-electron chi connectivity index (χ2n) is 4.10. The molecule has 0 atom stereocenters. The van der Waals surface area contributed by atoms with Crippen molar-refractivity contribution in [3.05, 3.63) is 49.2 Å². The predicted molar refractivity (Wildman–Crippen MR) is 71.2 cm³/mol. The lowest BCUT2D eigenvalue weighted by Gasteiger charge is -2.07. The first-order chi connectivity index (χ1) is 8.61. The number of rotatable bonds is 4. The van der Waals surface area contributed by atoms with Gasteiger partial charge in [0.1, 0.15) is 5.01 Å². The predicted octanol–water partition coefficient (Wildman–Crippen LogP) is 1.23. The summed E-state index contributed by atoms with van der Waals surface area (Å²) in [7, 11) is 0. The van der Waals surface area contributed by atoms with Crippen molar-refractivity contribution in [2.75, 3.05) is 0 Å². The Morgan fingerprint density at radius 2 is 2.17 bits per heavy atom. The molecule has 2 aromatic rings. The van der Waals surface area contributed by atoms with E-state index in [2.05, 4.69) is 4.98 Å². The van der Waals surface area contributed by atoms with Gasteiger partial charge >= 0.3 is 5.69 Å². The molecular weight excluding hydrogens is 250 g/mol. The lowest BCUT2D eigenvalue weighted by atomic mass is 10.4. The zero-order valence-corrected chi connectivity index (χ0v) is 11.2. The molecule has 0 aliphatic carbocycles. The molecule has 0 spiro atoms. The van der Waals surface area contributed by atoms with Crippen LogP contribution in [0.4, 0.5) is 0 Å². The van der Waals surface area contributed by atoms with Crippen molar-refractivity contribution in [3.63, 3.8) is 0 Å². The van der Waals surface area contributed by atoms with Gasteiger partial charge in [-0.3, -0.25) is 9.36 Å². The van der Waals surface area contributed by atoms with E-state index in [4.69, 9.17) is 0 Å². The fourth-order valence-electron chi connectivity index (χ4n) is 1.72. The van der Waals surface area contributed by atoms with E-state index < -0.39 is 0 Å². The van der Waals surface area contributed by atoms with Gasteiger partial charge in [-0.1, -0.05) is 6.92 Å². The van der Waals surface area contributed by atoms with Crippen molar-refractivity contribution in [3.8, 4) is 0 Å². The smallest absolute Gasteiger partial charge is 0.300 e. The van der Waals surface area contributed by atoms with Crippen molar-refractivity contribution in [2.45, 2.75) is 33.4 Å². The Labute approximate surface area is 108 Å². The molecule has 0 bridgehead atoms. The average molecular weight is 265 g/mol. The number of thiazole rings is 1. The molecule has 0 radical (unpaired) electrons. The van der Waals surface area contributed by atoms with Crippen LogP contribution >= 0.6 is 11.3 Å². The number of hydrogen-bond donors (Lipinski definition) is 0. The van der Waals surface area contributed by atoms with E-state index in [0.717, 1.165) is 17.1 Å². The van der Waals surface area contributed by atoms with E-state index in [1.54, 1.807) is 10.8 Å². The molecule has 0 saturated heterocycles. The van der Waals surface area contributed by atoms with Crippen LogP contribution in [0.5, 0.6) is 0 Å². The number of nitrogens with zero attached hydrogens (tertiary/aromatic N) is 3. The van der Waals surface area contributed by atoms with Crippen LogP contribution in [0.15, 0.2) is 27.2 Å². The Bertz CT molecular complexity index is 654. The Balaban J connectivity index is 2.40. The van der Waals surface area contributed by atoms with Crippen LogP contribution in [0.2, 0.25) is 0 Å². The van der Waals surface area contributed by atoms with Crippen LogP contribution in [0, 0.1) is 6.92 Å². The maximum atomic E-state index is 12.1. The topological polar surface area (TPSA) is 56.9 Å². The highest BCUT2D eigenvalue weighted by Crippen LogP contribution is 2.08. The molecule has 2 rings (SSSR count). The minimum atomic E-state index is -0.278. The van der Waals surface area contributed by atoms with Crippen LogP contribution in [0.1, 0.15) is 24.0 Å². The molecule has 0 amide bonds. The van der Waals surface area contributed by atoms with Crippen molar-refractivity contribution < 1.29 is 0 Å². The number of hydrogen-bond acceptors (Lipinski definition) is 4. The summed E-state index contributed by atoms with van der Waals surface area (Å²) in [4.78, 5) is 28.1. The van der Waals surface area contributed by atoms with Gasteiger partial charge in [-0.2, -0.15) is 0 Å². The SMILES string of the molecule is CCCn1ccc(=O)n(Cc2nc(C)cs2)c1=O. The quantitative estimate of drug-likeness (QED) is 0.835. The highest BCUT2D eigenvalue weighted by Gasteiger charge is 2.07. The molecular formula is C12H15N3O2S.